The summed E-state index contributed by atoms with van der Waals surface area (Å²) in [6.45, 7) is -0.0524. The highest BCUT2D eigenvalue weighted by molar-refractivity contribution is 6.09. The summed E-state index contributed by atoms with van der Waals surface area (Å²) in [4.78, 5) is 13.3. The van der Waals surface area contributed by atoms with Gasteiger partial charge in [-0.05, 0) is 17.7 Å². The van der Waals surface area contributed by atoms with Crippen molar-refractivity contribution in [1.29, 1.82) is 0 Å². The van der Waals surface area contributed by atoms with Gasteiger partial charge >= 0.3 is 0 Å². The predicted octanol–water partition coefficient (Wildman–Crippen LogP) is 1.99. The molecule has 8 nitrogen and oxygen atoms in total. The van der Waals surface area contributed by atoms with E-state index in [9.17, 15) is 9.90 Å². The van der Waals surface area contributed by atoms with Gasteiger partial charge in [0.05, 0.1) is 21.3 Å². The van der Waals surface area contributed by atoms with Crippen LogP contribution < -0.4 is 28.4 Å². The Morgan fingerprint density at radius 2 is 1.71 bits per heavy atom. The van der Waals surface area contributed by atoms with Gasteiger partial charge in [-0.15, -0.1) is 0 Å². The number of methoxy groups -OCH3 is 3. The zero-order valence-electron chi connectivity index (χ0n) is 15.7. The zero-order chi connectivity index (χ0) is 19.9. The molecule has 2 aliphatic heterocycles. The van der Waals surface area contributed by atoms with Crippen LogP contribution in [-0.2, 0) is 6.42 Å². The van der Waals surface area contributed by atoms with E-state index >= 15 is 0 Å². The minimum absolute atomic E-state index is 0.0411. The Kier molecular flexibility index (Phi) is 4.43. The minimum atomic E-state index is -1.77. The van der Waals surface area contributed by atoms with E-state index in [0.29, 0.717) is 22.8 Å². The zero-order valence-corrected chi connectivity index (χ0v) is 15.7. The number of ketones is 1. The molecule has 2 aromatic rings. The van der Waals surface area contributed by atoms with E-state index in [-0.39, 0.29) is 42.6 Å². The van der Waals surface area contributed by atoms with E-state index < -0.39 is 11.4 Å². The van der Waals surface area contributed by atoms with Crippen molar-refractivity contribution < 1.29 is 38.3 Å². The normalized spacial score (nSPS) is 19.6. The van der Waals surface area contributed by atoms with Crippen molar-refractivity contribution in [2.45, 2.75) is 12.0 Å². The molecule has 28 heavy (non-hydrogen) atoms. The van der Waals surface area contributed by atoms with Gasteiger partial charge in [0.15, 0.2) is 28.6 Å². The second kappa shape index (κ2) is 6.79. The molecule has 0 amide bonds. The third-order valence-corrected chi connectivity index (χ3v) is 4.84. The number of aliphatic hydroxyl groups is 1. The Morgan fingerprint density at radius 1 is 0.964 bits per heavy atom. The first-order valence-corrected chi connectivity index (χ1v) is 8.62. The quantitative estimate of drug-likeness (QED) is 0.831. The van der Waals surface area contributed by atoms with Crippen molar-refractivity contribution in [2.24, 2.45) is 0 Å². The van der Waals surface area contributed by atoms with Crippen LogP contribution in [0, 0.1) is 0 Å². The van der Waals surface area contributed by atoms with Crippen molar-refractivity contribution >= 4 is 5.78 Å². The first-order valence-electron chi connectivity index (χ1n) is 8.62. The van der Waals surface area contributed by atoms with Gasteiger partial charge in [0.1, 0.15) is 17.9 Å². The van der Waals surface area contributed by atoms with Crippen LogP contribution in [-0.4, -0.2) is 51.2 Å². The average Bonchev–Trinajstić information content (AvgIpc) is 3.17. The molecule has 4 rings (SSSR count). The molecule has 0 bridgehead atoms. The van der Waals surface area contributed by atoms with Crippen LogP contribution in [0.2, 0.25) is 0 Å². The second-order valence-electron chi connectivity index (χ2n) is 6.53. The monoisotopic (exact) mass is 388 g/mol. The summed E-state index contributed by atoms with van der Waals surface area (Å²) >= 11 is 0. The number of carbonyl (C=O) groups is 1. The fraction of sp³-hybridized carbons (Fsp3) is 0.350. The van der Waals surface area contributed by atoms with Crippen LogP contribution in [0.4, 0.5) is 0 Å². The van der Waals surface area contributed by atoms with Gasteiger partial charge in [0.25, 0.3) is 0 Å². The van der Waals surface area contributed by atoms with Crippen molar-refractivity contribution in [3.8, 4) is 34.5 Å². The number of benzene rings is 2. The standard InChI is InChI=1S/C20H20O8/c1-23-15-7-14-16(18(25-3)17(15)24-2)19(21)20(22,9-26-14)8-11-4-5-12-13(6-11)28-10-27-12/h4-7,22H,8-10H2,1-3H3. The number of carbonyl (C=O) groups excluding carboxylic acids is 1. The highest BCUT2D eigenvalue weighted by Crippen LogP contribution is 2.48. The van der Waals surface area contributed by atoms with Crippen LogP contribution in [0.3, 0.4) is 0 Å². The molecule has 0 radical (unpaired) electrons. The Hall–Kier alpha value is -3.13. The SMILES string of the molecule is COc1cc2c(c(OC)c1OC)C(=O)C(O)(Cc1ccc3c(c1)OCO3)CO2. The van der Waals surface area contributed by atoms with Crippen molar-refractivity contribution in [3.63, 3.8) is 0 Å². The summed E-state index contributed by atoms with van der Waals surface area (Å²) in [5, 5.41) is 11.1. The van der Waals surface area contributed by atoms with Gasteiger partial charge in [0.2, 0.25) is 18.3 Å². The largest absolute Gasteiger partial charge is 0.493 e. The molecule has 2 aromatic carbocycles. The van der Waals surface area contributed by atoms with Crippen molar-refractivity contribution in [3.05, 3.63) is 35.4 Å². The molecular weight excluding hydrogens is 368 g/mol. The molecule has 148 valence electrons. The maximum absolute atomic E-state index is 13.3. The Balaban J connectivity index is 1.72. The molecule has 2 aliphatic rings. The van der Waals surface area contributed by atoms with E-state index in [1.807, 2.05) is 0 Å². The van der Waals surface area contributed by atoms with Gasteiger partial charge in [-0.25, -0.2) is 0 Å². The van der Waals surface area contributed by atoms with Crippen LogP contribution in [0.5, 0.6) is 34.5 Å². The Bertz CT molecular complexity index is 938. The highest BCUT2D eigenvalue weighted by atomic mass is 16.7. The van der Waals surface area contributed by atoms with Crippen LogP contribution in [0.15, 0.2) is 24.3 Å². The molecular formula is C20H20O8. The molecule has 1 atom stereocenters. The molecule has 0 fully saturated rings. The lowest BCUT2D eigenvalue weighted by atomic mass is 9.84. The van der Waals surface area contributed by atoms with E-state index in [2.05, 4.69) is 0 Å². The lowest BCUT2D eigenvalue weighted by Gasteiger charge is -2.33. The fourth-order valence-corrected chi connectivity index (χ4v) is 3.48. The smallest absolute Gasteiger partial charge is 0.231 e. The number of hydrogen-bond donors (Lipinski definition) is 1. The van der Waals surface area contributed by atoms with Crippen LogP contribution in [0.25, 0.3) is 0 Å². The first kappa shape index (κ1) is 18.2. The molecule has 8 heteroatoms. The minimum Gasteiger partial charge on any atom is -0.493 e. The van der Waals surface area contributed by atoms with Crippen LogP contribution in [0.1, 0.15) is 15.9 Å². The molecule has 0 aromatic heterocycles. The van der Waals surface area contributed by atoms with Crippen molar-refractivity contribution in [1.82, 2.24) is 0 Å². The predicted molar refractivity (Wildman–Crippen MR) is 97.1 cm³/mol. The van der Waals surface area contributed by atoms with Gasteiger partial charge < -0.3 is 33.5 Å². The fourth-order valence-electron chi connectivity index (χ4n) is 3.48. The Labute approximate surface area is 161 Å². The van der Waals surface area contributed by atoms with E-state index in [4.69, 9.17) is 28.4 Å². The number of ether oxygens (including phenoxy) is 6. The highest BCUT2D eigenvalue weighted by Gasteiger charge is 2.45. The number of fused-ring (bicyclic) bond motifs is 2. The van der Waals surface area contributed by atoms with E-state index in [0.717, 1.165) is 0 Å². The summed E-state index contributed by atoms with van der Waals surface area (Å²) in [5.41, 5.74) is -0.936. The summed E-state index contributed by atoms with van der Waals surface area (Å²) in [6.07, 6.45) is 0.0411. The molecule has 1 unspecified atom stereocenters. The molecule has 0 saturated carbocycles. The number of Topliss-reactive ketones (excluding diaryl/α,β-unsaturated/α-hetero) is 1. The maximum Gasteiger partial charge on any atom is 0.231 e. The van der Waals surface area contributed by atoms with Gasteiger partial charge in [0, 0.05) is 12.5 Å². The second-order valence-corrected chi connectivity index (χ2v) is 6.53. The van der Waals surface area contributed by atoms with Gasteiger partial charge in [-0.3, -0.25) is 4.79 Å². The topological polar surface area (TPSA) is 92.7 Å². The third-order valence-electron chi connectivity index (χ3n) is 4.84. The third kappa shape index (κ3) is 2.77. The van der Waals surface area contributed by atoms with Crippen molar-refractivity contribution in [2.75, 3.05) is 34.7 Å². The van der Waals surface area contributed by atoms with E-state index in [1.165, 1.54) is 21.3 Å². The van der Waals surface area contributed by atoms with Crippen LogP contribution >= 0.6 is 0 Å². The average molecular weight is 388 g/mol. The molecule has 0 saturated heterocycles. The molecule has 1 N–H and O–H groups in total. The maximum atomic E-state index is 13.3. The number of hydrogen-bond acceptors (Lipinski definition) is 8. The van der Waals surface area contributed by atoms with Gasteiger partial charge in [-0.1, -0.05) is 6.07 Å². The summed E-state index contributed by atoms with van der Waals surface area (Å²) < 4.78 is 32.4. The lowest BCUT2D eigenvalue weighted by molar-refractivity contribution is -0.00252. The summed E-state index contributed by atoms with van der Waals surface area (Å²) in [5.74, 6) is 1.75. The Morgan fingerprint density at radius 3 is 2.43 bits per heavy atom. The summed E-state index contributed by atoms with van der Waals surface area (Å²) in [7, 11) is 4.33. The summed E-state index contributed by atoms with van der Waals surface area (Å²) in [6, 6.07) is 6.82. The molecule has 0 aliphatic carbocycles. The molecule has 0 spiro atoms. The number of rotatable bonds is 5. The molecule has 2 heterocycles. The lowest BCUT2D eigenvalue weighted by Crippen LogP contribution is -2.49. The first-order chi connectivity index (χ1) is 13.5. The van der Waals surface area contributed by atoms with Gasteiger partial charge in [-0.2, -0.15) is 0 Å². The van der Waals surface area contributed by atoms with E-state index in [1.54, 1.807) is 24.3 Å².